The van der Waals surface area contributed by atoms with Gasteiger partial charge in [-0.15, -0.1) is 9.35 Å². The lowest BCUT2D eigenvalue weighted by Crippen LogP contribution is -2.44. The largest absolute Gasteiger partial charge is 0.299 e. The van der Waals surface area contributed by atoms with Gasteiger partial charge >= 0.3 is 0 Å². The van der Waals surface area contributed by atoms with Gasteiger partial charge in [0.05, 0.1) is 22.3 Å². The normalized spacial score (nSPS) is 33.9. The first kappa shape index (κ1) is 19.0. The van der Waals surface area contributed by atoms with Crippen molar-refractivity contribution in [3.05, 3.63) is 23.3 Å². The molecule has 142 valence electrons. The van der Waals surface area contributed by atoms with Crippen molar-refractivity contribution in [3.63, 3.8) is 0 Å². The van der Waals surface area contributed by atoms with Gasteiger partial charge in [0.1, 0.15) is 5.78 Å². The molecule has 0 spiro atoms. The molecular formula is C18H23NO6S. The van der Waals surface area contributed by atoms with Crippen LogP contribution in [-0.2, 0) is 28.8 Å². The average molecular weight is 381 g/mol. The van der Waals surface area contributed by atoms with E-state index in [2.05, 4.69) is 0 Å². The summed E-state index contributed by atoms with van der Waals surface area (Å²) in [7, 11) is -4.32. The Balaban J connectivity index is 1.88. The van der Waals surface area contributed by atoms with Gasteiger partial charge in [-0.1, -0.05) is 26.0 Å². The molecule has 1 heterocycles. The monoisotopic (exact) mass is 381 g/mol. The number of imide groups is 1. The summed E-state index contributed by atoms with van der Waals surface area (Å²) in [5.74, 6) is -2.06. The number of hydroxylamine groups is 2. The molecule has 0 aromatic heterocycles. The maximum absolute atomic E-state index is 12.7. The van der Waals surface area contributed by atoms with Crippen molar-refractivity contribution in [3.8, 4) is 0 Å². The first-order chi connectivity index (χ1) is 12.0. The lowest BCUT2D eigenvalue weighted by atomic mass is 9.70. The number of hydrogen-bond acceptors (Lipinski definition) is 6. The highest BCUT2D eigenvalue weighted by Gasteiger charge is 2.65. The topological polar surface area (TPSA) is 97.8 Å². The van der Waals surface area contributed by atoms with Crippen LogP contribution in [0.15, 0.2) is 23.3 Å². The number of carbonyl (C=O) groups excluding carboxylic acids is 3. The number of fused-ring (bicyclic) bond motifs is 2. The van der Waals surface area contributed by atoms with Crippen LogP contribution in [0.25, 0.3) is 0 Å². The van der Waals surface area contributed by atoms with Crippen LogP contribution >= 0.6 is 0 Å². The van der Waals surface area contributed by atoms with E-state index in [4.69, 9.17) is 4.28 Å². The van der Waals surface area contributed by atoms with E-state index in [-0.39, 0.29) is 27.9 Å². The molecule has 0 radical (unpaired) electrons. The van der Waals surface area contributed by atoms with Crippen molar-refractivity contribution in [2.24, 2.45) is 16.7 Å². The van der Waals surface area contributed by atoms with Gasteiger partial charge in [-0.05, 0) is 38.0 Å². The summed E-state index contributed by atoms with van der Waals surface area (Å²) in [6, 6.07) is 0. The zero-order valence-corrected chi connectivity index (χ0v) is 16.2. The Morgan fingerprint density at radius 2 is 1.65 bits per heavy atom. The smallest absolute Gasteiger partial charge is 0.289 e. The number of nitrogens with zero attached hydrogens (tertiary/aromatic N) is 1. The molecule has 1 aliphatic heterocycles. The quantitative estimate of drug-likeness (QED) is 0.545. The Morgan fingerprint density at radius 3 is 2.04 bits per heavy atom. The van der Waals surface area contributed by atoms with Gasteiger partial charge in [0, 0.05) is 6.42 Å². The van der Waals surface area contributed by atoms with Gasteiger partial charge in [0.2, 0.25) is 0 Å². The predicted octanol–water partition coefficient (Wildman–Crippen LogP) is 1.90. The summed E-state index contributed by atoms with van der Waals surface area (Å²) in [5.41, 5.74) is -1.27. The van der Waals surface area contributed by atoms with Crippen molar-refractivity contribution < 1.29 is 27.1 Å². The highest BCUT2D eigenvalue weighted by Crippen LogP contribution is 2.64. The van der Waals surface area contributed by atoms with E-state index in [1.54, 1.807) is 13.8 Å². The minimum Gasteiger partial charge on any atom is -0.299 e. The molecule has 7 nitrogen and oxygen atoms in total. The highest BCUT2D eigenvalue weighted by molar-refractivity contribution is 7.86. The number of Topliss-reactive ketones (excluding diaryl/α,β-unsaturated/α-hetero) is 1. The van der Waals surface area contributed by atoms with E-state index >= 15 is 0 Å². The molecule has 3 fully saturated rings. The zero-order chi connectivity index (χ0) is 19.5. The molecule has 0 N–H and O–H groups in total. The minimum atomic E-state index is -4.32. The molecule has 26 heavy (non-hydrogen) atoms. The SMILES string of the molecule is CC=C1C(=O)N(OS(=O)(=O)CC23CCC(CC2=O)C3(C)C)C(=O)/C1=C/C. The van der Waals surface area contributed by atoms with Crippen molar-refractivity contribution >= 4 is 27.7 Å². The second-order valence-corrected chi connectivity index (χ2v) is 9.31. The fraction of sp³-hybridized carbons (Fsp3) is 0.611. The average Bonchev–Trinajstić information content (AvgIpc) is 3.00. The lowest BCUT2D eigenvalue weighted by Gasteiger charge is -2.35. The third-order valence-electron chi connectivity index (χ3n) is 6.45. The number of amides is 2. The Morgan fingerprint density at radius 1 is 1.12 bits per heavy atom. The molecule has 0 aromatic rings. The summed E-state index contributed by atoms with van der Waals surface area (Å²) in [4.78, 5) is 37.2. The van der Waals surface area contributed by atoms with E-state index in [1.165, 1.54) is 12.2 Å². The minimum absolute atomic E-state index is 0.0757. The van der Waals surface area contributed by atoms with Crippen molar-refractivity contribution in [1.29, 1.82) is 0 Å². The maximum Gasteiger partial charge on any atom is 0.289 e. The molecule has 2 saturated carbocycles. The number of allylic oxidation sites excluding steroid dienone is 2. The molecule has 8 heteroatoms. The van der Waals surface area contributed by atoms with Gasteiger partial charge in [-0.2, -0.15) is 8.42 Å². The van der Waals surface area contributed by atoms with Crippen LogP contribution in [0.4, 0.5) is 0 Å². The summed E-state index contributed by atoms with van der Waals surface area (Å²) in [6.45, 7) is 6.99. The second-order valence-electron chi connectivity index (χ2n) is 7.75. The summed E-state index contributed by atoms with van der Waals surface area (Å²) in [5, 5.41) is 0.287. The molecule has 2 atom stereocenters. The van der Waals surface area contributed by atoms with Gasteiger partial charge in [-0.3, -0.25) is 14.4 Å². The van der Waals surface area contributed by atoms with Gasteiger partial charge in [0.15, 0.2) is 0 Å². The number of hydrogen-bond donors (Lipinski definition) is 0. The number of rotatable bonds is 4. The fourth-order valence-electron chi connectivity index (χ4n) is 4.72. The van der Waals surface area contributed by atoms with Crippen LogP contribution in [0.2, 0.25) is 0 Å². The Hall–Kier alpha value is -1.80. The summed E-state index contributed by atoms with van der Waals surface area (Å²) < 4.78 is 30.3. The Kier molecular flexibility index (Phi) is 4.27. The van der Waals surface area contributed by atoms with Crippen LogP contribution in [0.1, 0.15) is 47.0 Å². The standard InChI is InChI=1S/C18H23NO6S/c1-5-12-13(6-2)16(22)19(15(12)21)25-26(23,24)10-18-8-7-11(9-14(18)20)17(18,3)4/h5-6,11H,7-10H2,1-4H3/b12-5+,13-6?. The van der Waals surface area contributed by atoms with Crippen molar-refractivity contribution in [1.82, 2.24) is 5.06 Å². The molecule has 3 aliphatic rings. The number of carbonyl (C=O) groups is 3. The molecule has 2 amide bonds. The Bertz CT molecular complexity index is 836. The second kappa shape index (κ2) is 5.85. The van der Waals surface area contributed by atoms with Gasteiger partial charge < -0.3 is 0 Å². The molecular weight excluding hydrogens is 358 g/mol. The van der Waals surface area contributed by atoms with Crippen LogP contribution in [0.5, 0.6) is 0 Å². The van der Waals surface area contributed by atoms with Crippen molar-refractivity contribution in [2.75, 3.05) is 5.75 Å². The summed E-state index contributed by atoms with van der Waals surface area (Å²) in [6.07, 6.45) is 4.52. The number of ketones is 1. The molecule has 3 rings (SSSR count). The lowest BCUT2D eigenvalue weighted by molar-refractivity contribution is -0.161. The summed E-state index contributed by atoms with van der Waals surface area (Å²) >= 11 is 0. The zero-order valence-electron chi connectivity index (χ0n) is 15.4. The van der Waals surface area contributed by atoms with Crippen molar-refractivity contribution in [2.45, 2.75) is 47.0 Å². The van der Waals surface area contributed by atoms with Crippen LogP contribution < -0.4 is 0 Å². The molecule has 2 bridgehead atoms. The third-order valence-corrected chi connectivity index (χ3v) is 7.67. The van der Waals surface area contributed by atoms with E-state index < -0.39 is 38.5 Å². The first-order valence-electron chi connectivity index (χ1n) is 8.68. The molecule has 0 aromatic carbocycles. The maximum atomic E-state index is 12.7. The highest BCUT2D eigenvalue weighted by atomic mass is 32.2. The Labute approximate surface area is 153 Å². The van der Waals surface area contributed by atoms with E-state index in [0.29, 0.717) is 12.8 Å². The third kappa shape index (κ3) is 2.42. The van der Waals surface area contributed by atoms with Crippen LogP contribution in [0, 0.1) is 16.7 Å². The molecule has 2 unspecified atom stereocenters. The van der Waals surface area contributed by atoms with E-state index in [0.717, 1.165) is 6.42 Å². The van der Waals surface area contributed by atoms with E-state index in [9.17, 15) is 22.8 Å². The van der Waals surface area contributed by atoms with Crippen LogP contribution in [-0.4, -0.2) is 36.8 Å². The fourth-order valence-corrected chi connectivity index (χ4v) is 6.41. The molecule has 1 saturated heterocycles. The van der Waals surface area contributed by atoms with Gasteiger partial charge in [0.25, 0.3) is 21.9 Å². The van der Waals surface area contributed by atoms with Crippen LogP contribution in [0.3, 0.4) is 0 Å². The molecule has 2 aliphatic carbocycles. The predicted molar refractivity (Wildman–Crippen MR) is 92.8 cm³/mol. The van der Waals surface area contributed by atoms with Gasteiger partial charge in [-0.25, -0.2) is 0 Å². The van der Waals surface area contributed by atoms with E-state index in [1.807, 2.05) is 13.8 Å². The first-order valence-corrected chi connectivity index (χ1v) is 10.3.